The fraction of sp³-hybridized carbons (Fsp3) is 0.333. The third-order valence-corrected chi connectivity index (χ3v) is 5.30. The van der Waals surface area contributed by atoms with Crippen molar-refractivity contribution < 1.29 is 4.92 Å². The van der Waals surface area contributed by atoms with Gasteiger partial charge in [-0.25, -0.2) is 5.43 Å². The first kappa shape index (κ1) is 25.8. The van der Waals surface area contributed by atoms with Crippen LogP contribution in [-0.2, 0) is 0 Å². The van der Waals surface area contributed by atoms with Crippen LogP contribution in [0.5, 0.6) is 0 Å². The number of anilines is 4. The fourth-order valence-corrected chi connectivity index (χ4v) is 3.26. The molecule has 184 valence electrons. The minimum atomic E-state index is -0.440. The second-order valence-electron chi connectivity index (χ2n) is 7.83. The predicted molar refractivity (Wildman–Crippen MR) is 141 cm³/mol. The predicted octanol–water partition coefficient (Wildman–Crippen LogP) is 6.03. The number of halogens is 1. The Balaban J connectivity index is 1.87. The molecule has 35 heavy (non-hydrogen) atoms. The summed E-state index contributed by atoms with van der Waals surface area (Å²) in [7, 11) is 0. The van der Waals surface area contributed by atoms with Crippen molar-refractivity contribution in [3.8, 4) is 0 Å². The third-order valence-electron chi connectivity index (χ3n) is 5.05. The Morgan fingerprint density at radius 1 is 0.971 bits per heavy atom. The molecule has 0 fully saturated rings. The van der Waals surface area contributed by atoms with Gasteiger partial charge in [-0.3, -0.25) is 10.1 Å². The molecule has 0 saturated heterocycles. The Bertz CT molecular complexity index is 1120. The van der Waals surface area contributed by atoms with E-state index in [4.69, 9.17) is 11.6 Å². The number of hydrogen-bond acceptors (Lipinski definition) is 9. The van der Waals surface area contributed by atoms with Crippen molar-refractivity contribution in [3.05, 3.63) is 69.2 Å². The molecule has 0 spiro atoms. The normalized spacial score (nSPS) is 10.9. The topological polar surface area (TPSA) is 121 Å². The van der Waals surface area contributed by atoms with Gasteiger partial charge in [-0.05, 0) is 42.7 Å². The molecule has 2 N–H and O–H groups in total. The summed E-state index contributed by atoms with van der Waals surface area (Å²) in [6, 6.07) is 13.4. The number of aromatic nitrogens is 3. The van der Waals surface area contributed by atoms with Crippen LogP contribution in [0.4, 0.5) is 29.2 Å². The van der Waals surface area contributed by atoms with Gasteiger partial charge in [0.05, 0.1) is 11.1 Å². The van der Waals surface area contributed by atoms with E-state index in [1.807, 2.05) is 12.1 Å². The lowest BCUT2D eigenvalue weighted by molar-refractivity contribution is -0.384. The van der Waals surface area contributed by atoms with E-state index >= 15 is 0 Å². The third kappa shape index (κ3) is 8.18. The van der Waals surface area contributed by atoms with Crippen LogP contribution >= 0.6 is 11.6 Å². The summed E-state index contributed by atoms with van der Waals surface area (Å²) < 4.78 is 0. The van der Waals surface area contributed by atoms with Crippen LogP contribution in [0, 0.1) is 10.1 Å². The number of rotatable bonds is 13. The maximum atomic E-state index is 10.9. The lowest BCUT2D eigenvalue weighted by Gasteiger charge is -2.23. The second kappa shape index (κ2) is 13.2. The van der Waals surface area contributed by atoms with Gasteiger partial charge in [0.1, 0.15) is 0 Å². The lowest BCUT2D eigenvalue weighted by atomic mass is 10.2. The monoisotopic (exact) mass is 496 g/mol. The standard InChI is InChI=1S/C24H29ClN8O2/c1-3-5-15-32(16-6-4-2)24-29-22(27-20-11-13-21(14-12-20)33(34)35)28-23(30-24)31-26-17-18-7-9-19(25)10-8-18/h7-14,17H,3-6,15-16H2,1-2H3,(H2,27,28,29,30,31). The molecule has 3 aromatic rings. The van der Waals surface area contributed by atoms with Crippen LogP contribution in [0.2, 0.25) is 5.02 Å². The minimum Gasteiger partial charge on any atom is -0.341 e. The number of nitro benzene ring substituents is 1. The zero-order chi connectivity index (χ0) is 25.0. The van der Waals surface area contributed by atoms with Crippen molar-refractivity contribution >= 4 is 47.0 Å². The van der Waals surface area contributed by atoms with Gasteiger partial charge in [0.15, 0.2) is 0 Å². The summed E-state index contributed by atoms with van der Waals surface area (Å²) >= 11 is 5.94. The molecule has 0 unspecified atom stereocenters. The molecule has 1 heterocycles. The van der Waals surface area contributed by atoms with E-state index in [0.29, 0.717) is 22.6 Å². The molecule has 0 saturated carbocycles. The molecule has 0 amide bonds. The number of nitrogens with one attached hydrogen (secondary N) is 2. The Morgan fingerprint density at radius 2 is 1.60 bits per heavy atom. The number of unbranched alkanes of at least 4 members (excludes halogenated alkanes) is 2. The van der Waals surface area contributed by atoms with Crippen LogP contribution in [0.1, 0.15) is 45.1 Å². The van der Waals surface area contributed by atoms with E-state index in [9.17, 15) is 10.1 Å². The van der Waals surface area contributed by atoms with Gasteiger partial charge >= 0.3 is 0 Å². The summed E-state index contributed by atoms with van der Waals surface area (Å²) in [6.45, 7) is 5.94. The van der Waals surface area contributed by atoms with Crippen LogP contribution in [0.15, 0.2) is 53.6 Å². The lowest BCUT2D eigenvalue weighted by Crippen LogP contribution is -2.28. The Kier molecular flexibility index (Phi) is 9.73. The summed E-state index contributed by atoms with van der Waals surface area (Å²) in [5.74, 6) is 1.13. The molecule has 0 aliphatic heterocycles. The highest BCUT2D eigenvalue weighted by Crippen LogP contribution is 2.21. The summed E-state index contributed by atoms with van der Waals surface area (Å²) in [6.07, 6.45) is 5.78. The maximum Gasteiger partial charge on any atom is 0.269 e. The summed E-state index contributed by atoms with van der Waals surface area (Å²) in [5.41, 5.74) is 4.38. The van der Waals surface area contributed by atoms with Crippen molar-refractivity contribution in [2.75, 3.05) is 28.7 Å². The van der Waals surface area contributed by atoms with Crippen molar-refractivity contribution in [3.63, 3.8) is 0 Å². The summed E-state index contributed by atoms with van der Waals surface area (Å²) in [5, 5.41) is 19.0. The van der Waals surface area contributed by atoms with Gasteiger partial charge in [-0.15, -0.1) is 0 Å². The van der Waals surface area contributed by atoms with Gasteiger partial charge in [-0.1, -0.05) is 50.4 Å². The average Bonchev–Trinajstić information content (AvgIpc) is 2.85. The summed E-state index contributed by atoms with van der Waals surface area (Å²) in [4.78, 5) is 26.3. The minimum absolute atomic E-state index is 0.0103. The zero-order valence-electron chi connectivity index (χ0n) is 19.8. The molecule has 1 aromatic heterocycles. The van der Waals surface area contributed by atoms with Crippen molar-refractivity contribution in [1.29, 1.82) is 0 Å². The first-order valence-electron chi connectivity index (χ1n) is 11.6. The van der Waals surface area contributed by atoms with Crippen LogP contribution in [0.3, 0.4) is 0 Å². The number of non-ortho nitro benzene ring substituents is 1. The molecule has 0 radical (unpaired) electrons. The van der Waals surface area contributed by atoms with Gasteiger partial charge in [0, 0.05) is 35.9 Å². The molecule has 3 rings (SSSR count). The maximum absolute atomic E-state index is 10.9. The SMILES string of the molecule is CCCCN(CCCC)c1nc(NN=Cc2ccc(Cl)cc2)nc(Nc2ccc([N+](=O)[O-])cc2)n1. The molecule has 0 bridgehead atoms. The highest BCUT2D eigenvalue weighted by Gasteiger charge is 2.14. The molecule has 0 aliphatic rings. The van der Waals surface area contributed by atoms with Crippen LogP contribution < -0.4 is 15.6 Å². The number of nitro groups is 1. The van der Waals surface area contributed by atoms with Crippen LogP contribution in [0.25, 0.3) is 0 Å². The van der Waals surface area contributed by atoms with Crippen LogP contribution in [-0.4, -0.2) is 39.2 Å². The molecule has 11 heteroatoms. The van der Waals surface area contributed by atoms with E-state index in [2.05, 4.69) is 49.5 Å². The second-order valence-corrected chi connectivity index (χ2v) is 8.26. The highest BCUT2D eigenvalue weighted by atomic mass is 35.5. The molecule has 0 atom stereocenters. The quantitative estimate of drug-likeness (QED) is 0.167. The van der Waals surface area contributed by atoms with Crippen molar-refractivity contribution in [2.45, 2.75) is 39.5 Å². The van der Waals surface area contributed by atoms with Gasteiger partial charge in [0.2, 0.25) is 17.8 Å². The molecular formula is C24H29ClN8O2. The van der Waals surface area contributed by atoms with Gasteiger partial charge in [0.25, 0.3) is 5.69 Å². The number of hydrazone groups is 1. The Morgan fingerprint density at radius 3 is 2.20 bits per heavy atom. The smallest absolute Gasteiger partial charge is 0.269 e. The first-order chi connectivity index (χ1) is 17.0. The average molecular weight is 497 g/mol. The van der Waals surface area contributed by atoms with E-state index in [-0.39, 0.29) is 11.6 Å². The van der Waals surface area contributed by atoms with E-state index in [0.717, 1.165) is 44.3 Å². The number of nitrogens with zero attached hydrogens (tertiary/aromatic N) is 6. The van der Waals surface area contributed by atoms with Crippen molar-refractivity contribution in [2.24, 2.45) is 5.10 Å². The molecule has 0 aliphatic carbocycles. The molecule has 10 nitrogen and oxygen atoms in total. The largest absolute Gasteiger partial charge is 0.341 e. The Labute approximate surface area is 209 Å². The van der Waals surface area contributed by atoms with Gasteiger partial charge < -0.3 is 10.2 Å². The van der Waals surface area contributed by atoms with Crippen molar-refractivity contribution in [1.82, 2.24) is 15.0 Å². The zero-order valence-corrected chi connectivity index (χ0v) is 20.6. The fourth-order valence-electron chi connectivity index (χ4n) is 3.13. The number of hydrogen-bond donors (Lipinski definition) is 2. The molecule has 2 aromatic carbocycles. The highest BCUT2D eigenvalue weighted by molar-refractivity contribution is 6.30. The first-order valence-corrected chi connectivity index (χ1v) is 11.9. The number of benzene rings is 2. The van der Waals surface area contributed by atoms with Gasteiger partial charge in [-0.2, -0.15) is 20.1 Å². The van der Waals surface area contributed by atoms with E-state index in [1.165, 1.54) is 12.1 Å². The van der Waals surface area contributed by atoms with E-state index in [1.54, 1.807) is 30.5 Å². The molecular weight excluding hydrogens is 468 g/mol. The van der Waals surface area contributed by atoms with E-state index < -0.39 is 4.92 Å². The Hall–Kier alpha value is -3.79.